The van der Waals surface area contributed by atoms with Crippen molar-refractivity contribution in [1.29, 1.82) is 0 Å². The standard InChI is InChI=1S/C20H19NO3S2/c1-14-8-10-16(11-9-14)20(19-7-4-12-25-19)21-26(23,24)18-6-3-5-17(13-18)15(2)22/h3-13,20-21H,1-2H3. The highest BCUT2D eigenvalue weighted by atomic mass is 32.2. The van der Waals surface area contributed by atoms with Gasteiger partial charge in [0.1, 0.15) is 0 Å². The van der Waals surface area contributed by atoms with Gasteiger partial charge in [-0.15, -0.1) is 11.3 Å². The Labute approximate surface area is 157 Å². The van der Waals surface area contributed by atoms with Gasteiger partial charge in [0.05, 0.1) is 10.9 Å². The normalized spacial score (nSPS) is 12.7. The van der Waals surface area contributed by atoms with Crippen molar-refractivity contribution < 1.29 is 13.2 Å². The van der Waals surface area contributed by atoms with Crippen LogP contribution in [0.15, 0.2) is 70.9 Å². The average molecular weight is 386 g/mol. The Balaban J connectivity index is 1.99. The minimum absolute atomic E-state index is 0.0823. The number of nitrogens with one attached hydrogen (secondary N) is 1. The quantitative estimate of drug-likeness (QED) is 0.643. The zero-order chi connectivity index (χ0) is 18.7. The lowest BCUT2D eigenvalue weighted by Crippen LogP contribution is -2.29. The van der Waals surface area contributed by atoms with Crippen LogP contribution in [0, 0.1) is 6.92 Å². The second kappa shape index (κ2) is 7.53. The molecule has 3 aromatic rings. The van der Waals surface area contributed by atoms with Crippen molar-refractivity contribution >= 4 is 27.1 Å². The lowest BCUT2D eigenvalue weighted by molar-refractivity contribution is 0.101. The molecule has 0 fully saturated rings. The molecular formula is C20H19NO3S2. The Kier molecular flexibility index (Phi) is 5.36. The molecule has 0 aliphatic rings. The number of carbonyl (C=O) groups excluding carboxylic acids is 1. The maximum Gasteiger partial charge on any atom is 0.241 e. The van der Waals surface area contributed by atoms with Crippen LogP contribution in [-0.2, 0) is 10.0 Å². The van der Waals surface area contributed by atoms with Gasteiger partial charge in [-0.25, -0.2) is 8.42 Å². The zero-order valence-corrected chi connectivity index (χ0v) is 16.1. The molecule has 26 heavy (non-hydrogen) atoms. The topological polar surface area (TPSA) is 63.2 Å². The number of carbonyl (C=O) groups is 1. The van der Waals surface area contributed by atoms with Crippen LogP contribution in [0.1, 0.15) is 39.3 Å². The minimum Gasteiger partial charge on any atom is -0.295 e. The van der Waals surface area contributed by atoms with E-state index in [4.69, 9.17) is 0 Å². The van der Waals surface area contributed by atoms with Crippen LogP contribution in [0.5, 0.6) is 0 Å². The molecule has 0 saturated heterocycles. The Bertz CT molecular complexity index is 1010. The maximum atomic E-state index is 12.9. The van der Waals surface area contributed by atoms with Crippen LogP contribution in [0.25, 0.3) is 0 Å². The van der Waals surface area contributed by atoms with Crippen molar-refractivity contribution in [3.8, 4) is 0 Å². The Morgan fingerprint density at radius 1 is 1.04 bits per heavy atom. The summed E-state index contributed by atoms with van der Waals surface area (Å²) in [6.45, 7) is 3.40. The fourth-order valence-electron chi connectivity index (χ4n) is 2.61. The number of benzene rings is 2. The molecule has 0 spiro atoms. The number of thiophene rings is 1. The molecule has 0 aliphatic heterocycles. The SMILES string of the molecule is CC(=O)c1cccc(S(=O)(=O)NC(c2ccc(C)cc2)c2cccs2)c1. The van der Waals surface area contributed by atoms with E-state index in [-0.39, 0.29) is 10.7 Å². The van der Waals surface area contributed by atoms with E-state index in [1.54, 1.807) is 12.1 Å². The van der Waals surface area contributed by atoms with Crippen molar-refractivity contribution in [2.24, 2.45) is 0 Å². The van der Waals surface area contributed by atoms with Crippen LogP contribution in [0.4, 0.5) is 0 Å². The van der Waals surface area contributed by atoms with Gasteiger partial charge in [0.25, 0.3) is 0 Å². The van der Waals surface area contributed by atoms with Crippen LogP contribution in [0.2, 0.25) is 0 Å². The van der Waals surface area contributed by atoms with E-state index in [0.717, 1.165) is 16.0 Å². The van der Waals surface area contributed by atoms with Crippen LogP contribution in [0.3, 0.4) is 0 Å². The lowest BCUT2D eigenvalue weighted by Gasteiger charge is -2.18. The first-order valence-electron chi connectivity index (χ1n) is 8.10. The predicted molar refractivity (Wildman–Crippen MR) is 104 cm³/mol. The van der Waals surface area contributed by atoms with Crippen molar-refractivity contribution in [3.05, 3.63) is 87.6 Å². The maximum absolute atomic E-state index is 12.9. The third-order valence-electron chi connectivity index (χ3n) is 4.06. The Morgan fingerprint density at radius 3 is 2.38 bits per heavy atom. The van der Waals surface area contributed by atoms with E-state index in [2.05, 4.69) is 4.72 Å². The summed E-state index contributed by atoms with van der Waals surface area (Å²) >= 11 is 1.49. The molecule has 134 valence electrons. The minimum atomic E-state index is -3.80. The van der Waals surface area contributed by atoms with Gasteiger partial charge in [0.2, 0.25) is 10.0 Å². The van der Waals surface area contributed by atoms with Gasteiger partial charge in [-0.05, 0) is 43.0 Å². The van der Waals surface area contributed by atoms with E-state index >= 15 is 0 Å². The molecule has 4 nitrogen and oxygen atoms in total. The van der Waals surface area contributed by atoms with Crippen LogP contribution < -0.4 is 4.72 Å². The summed E-state index contributed by atoms with van der Waals surface area (Å²) in [5.41, 5.74) is 2.34. The lowest BCUT2D eigenvalue weighted by atomic mass is 10.0. The van der Waals surface area contributed by atoms with Crippen LogP contribution >= 0.6 is 11.3 Å². The third kappa shape index (κ3) is 4.09. The van der Waals surface area contributed by atoms with E-state index < -0.39 is 16.1 Å². The van der Waals surface area contributed by atoms with E-state index in [9.17, 15) is 13.2 Å². The van der Waals surface area contributed by atoms with E-state index in [1.165, 1.54) is 30.4 Å². The summed E-state index contributed by atoms with van der Waals surface area (Å²) in [4.78, 5) is 12.6. The zero-order valence-electron chi connectivity index (χ0n) is 14.5. The van der Waals surface area contributed by atoms with Crippen molar-refractivity contribution in [1.82, 2.24) is 4.72 Å². The Hall–Kier alpha value is -2.28. The number of hydrogen-bond acceptors (Lipinski definition) is 4. The first-order valence-corrected chi connectivity index (χ1v) is 10.5. The average Bonchev–Trinajstić information content (AvgIpc) is 3.15. The monoisotopic (exact) mass is 385 g/mol. The van der Waals surface area contributed by atoms with Crippen molar-refractivity contribution in [2.45, 2.75) is 24.8 Å². The van der Waals surface area contributed by atoms with E-state index in [1.807, 2.05) is 48.7 Å². The molecule has 0 radical (unpaired) electrons. The molecule has 1 unspecified atom stereocenters. The smallest absolute Gasteiger partial charge is 0.241 e. The number of aryl methyl sites for hydroxylation is 1. The van der Waals surface area contributed by atoms with E-state index in [0.29, 0.717) is 5.56 Å². The van der Waals surface area contributed by atoms with Gasteiger partial charge in [0, 0.05) is 10.4 Å². The highest BCUT2D eigenvalue weighted by Crippen LogP contribution is 2.28. The third-order valence-corrected chi connectivity index (χ3v) is 6.42. The van der Waals surface area contributed by atoms with Gasteiger partial charge in [-0.3, -0.25) is 4.79 Å². The van der Waals surface area contributed by atoms with Crippen molar-refractivity contribution in [3.63, 3.8) is 0 Å². The summed E-state index contributed by atoms with van der Waals surface area (Å²) in [6, 6.07) is 17.2. The first kappa shape index (κ1) is 18.5. The molecule has 0 aliphatic carbocycles. The largest absolute Gasteiger partial charge is 0.295 e. The molecule has 0 bridgehead atoms. The number of rotatable bonds is 6. The number of ketones is 1. The molecule has 1 heterocycles. The Morgan fingerprint density at radius 2 is 1.77 bits per heavy atom. The molecule has 0 saturated carbocycles. The van der Waals surface area contributed by atoms with Crippen molar-refractivity contribution in [2.75, 3.05) is 0 Å². The van der Waals surface area contributed by atoms with Gasteiger partial charge in [-0.2, -0.15) is 4.72 Å². The molecule has 6 heteroatoms. The summed E-state index contributed by atoms with van der Waals surface area (Å²) in [5.74, 6) is -0.171. The summed E-state index contributed by atoms with van der Waals surface area (Å²) in [5, 5.41) is 1.92. The molecular weight excluding hydrogens is 366 g/mol. The predicted octanol–water partition coefficient (Wildman–Crippen LogP) is 4.33. The van der Waals surface area contributed by atoms with Crippen LogP contribution in [-0.4, -0.2) is 14.2 Å². The van der Waals surface area contributed by atoms with Gasteiger partial charge in [-0.1, -0.05) is 48.0 Å². The summed E-state index contributed by atoms with van der Waals surface area (Å²) < 4.78 is 28.7. The molecule has 3 rings (SSSR count). The van der Waals surface area contributed by atoms with Gasteiger partial charge >= 0.3 is 0 Å². The molecule has 0 amide bonds. The number of hydrogen-bond donors (Lipinski definition) is 1. The fourth-order valence-corrected chi connectivity index (χ4v) is 4.74. The summed E-state index contributed by atoms with van der Waals surface area (Å²) in [7, 11) is -3.80. The van der Waals surface area contributed by atoms with Gasteiger partial charge in [0.15, 0.2) is 5.78 Å². The highest BCUT2D eigenvalue weighted by Gasteiger charge is 2.24. The second-order valence-corrected chi connectivity index (χ2v) is 8.76. The summed E-state index contributed by atoms with van der Waals surface area (Å²) in [6.07, 6.45) is 0. The first-order chi connectivity index (χ1) is 12.4. The highest BCUT2D eigenvalue weighted by molar-refractivity contribution is 7.89. The number of sulfonamides is 1. The second-order valence-electron chi connectivity index (χ2n) is 6.06. The number of Topliss-reactive ketones (excluding diaryl/α,β-unsaturated/α-hetero) is 1. The molecule has 1 atom stereocenters. The molecule has 1 N–H and O–H groups in total. The fraction of sp³-hybridized carbons (Fsp3) is 0.150. The van der Waals surface area contributed by atoms with Gasteiger partial charge < -0.3 is 0 Å². The molecule has 1 aromatic heterocycles. The molecule has 2 aromatic carbocycles.